The number of aliphatic imine (C=N–C) groups is 1. The van der Waals surface area contributed by atoms with Gasteiger partial charge in [0.1, 0.15) is 10.6 Å². The number of amides is 2. The van der Waals surface area contributed by atoms with Crippen LogP contribution in [0.25, 0.3) is 11.0 Å². The van der Waals surface area contributed by atoms with E-state index in [1.807, 2.05) is 0 Å². The third-order valence-corrected chi connectivity index (χ3v) is 6.46. The van der Waals surface area contributed by atoms with Gasteiger partial charge in [-0.1, -0.05) is 0 Å². The lowest BCUT2D eigenvalue weighted by Gasteiger charge is -2.09. The molecule has 0 atom stereocenters. The molecule has 170 valence electrons. The van der Waals surface area contributed by atoms with Gasteiger partial charge >= 0.3 is 10.1 Å². The molecule has 0 spiro atoms. The zero-order valence-electron chi connectivity index (χ0n) is 17.5. The number of likely N-dealkylation sites (N-methyl/N-ethyl adjacent to an activating group) is 1. The lowest BCUT2D eigenvalue weighted by molar-refractivity contribution is -0.118. The molecule has 33 heavy (non-hydrogen) atoms. The van der Waals surface area contributed by atoms with Crippen LogP contribution in [0.3, 0.4) is 0 Å². The van der Waals surface area contributed by atoms with E-state index < -0.39 is 10.1 Å². The van der Waals surface area contributed by atoms with Crippen LogP contribution in [-0.4, -0.2) is 54.7 Å². The summed E-state index contributed by atoms with van der Waals surface area (Å²) >= 11 is 0. The Balaban J connectivity index is 1.31. The van der Waals surface area contributed by atoms with Gasteiger partial charge in [-0.15, -0.1) is 0 Å². The smallest absolute Gasteiger partial charge is 0.339 e. The van der Waals surface area contributed by atoms with E-state index in [1.54, 1.807) is 18.0 Å². The summed E-state index contributed by atoms with van der Waals surface area (Å²) in [6.45, 7) is 0.216. The van der Waals surface area contributed by atoms with Crippen molar-refractivity contribution in [3.05, 3.63) is 42.5 Å². The highest BCUT2D eigenvalue weighted by atomic mass is 32.2. The van der Waals surface area contributed by atoms with E-state index in [9.17, 15) is 18.0 Å². The Kier molecular flexibility index (Phi) is 5.01. The molecular formula is C21H20N6O5S. The number of nitrogens with zero attached hydrogens (tertiary/aromatic N) is 3. The fraction of sp³-hybridized carbons (Fsp3) is 0.238. The molecule has 0 radical (unpaired) electrons. The largest absolute Gasteiger partial charge is 0.379 e. The van der Waals surface area contributed by atoms with Crippen molar-refractivity contribution in [1.29, 1.82) is 0 Å². The second kappa shape index (κ2) is 7.89. The molecule has 3 N–H and O–H groups in total. The van der Waals surface area contributed by atoms with Crippen LogP contribution in [0, 0.1) is 5.92 Å². The summed E-state index contributed by atoms with van der Waals surface area (Å²) in [5.74, 6) is 0.610. The Bertz CT molecular complexity index is 1390. The molecule has 2 heterocycles. The Morgan fingerprint density at radius 1 is 1.21 bits per heavy atom. The van der Waals surface area contributed by atoms with Crippen molar-refractivity contribution in [2.75, 3.05) is 18.9 Å². The number of aromatic nitrogens is 2. The number of H-pyrrole nitrogens is 1. The normalized spacial score (nSPS) is 17.4. The molecule has 1 saturated carbocycles. The fourth-order valence-electron chi connectivity index (χ4n) is 3.31. The minimum absolute atomic E-state index is 0.0397. The van der Waals surface area contributed by atoms with Crippen LogP contribution in [0.4, 0.5) is 11.6 Å². The third-order valence-electron chi connectivity index (χ3n) is 5.20. The van der Waals surface area contributed by atoms with E-state index in [0.717, 1.165) is 12.8 Å². The van der Waals surface area contributed by atoms with Gasteiger partial charge in [0.15, 0.2) is 0 Å². The first-order valence-corrected chi connectivity index (χ1v) is 11.6. The van der Waals surface area contributed by atoms with Gasteiger partial charge in [-0.05, 0) is 49.2 Å². The standard InChI is InChI=1S/C21H20N6O5S/c1-27-11-18(28)25-21(27)22-13-4-7-15(8-5-13)33(30,31)32-14-6-9-16-17(10-14)24-20(23-16)26-19(29)12-2-3-12/h4-10,12H,2-3,11H2,1H3,(H,22,25,28)(H2,23,24,26,29). The summed E-state index contributed by atoms with van der Waals surface area (Å²) in [6, 6.07) is 10.4. The summed E-state index contributed by atoms with van der Waals surface area (Å²) in [7, 11) is -2.37. The maximum atomic E-state index is 12.7. The molecule has 11 nitrogen and oxygen atoms in total. The molecular weight excluding hydrogens is 448 g/mol. The van der Waals surface area contributed by atoms with Gasteiger partial charge in [-0.3, -0.25) is 20.2 Å². The number of hydrogen-bond acceptors (Lipinski definition) is 7. The van der Waals surface area contributed by atoms with Gasteiger partial charge in [-0.2, -0.15) is 8.42 Å². The first kappa shape index (κ1) is 20.9. The number of benzene rings is 2. The highest BCUT2D eigenvalue weighted by Gasteiger charge is 2.30. The van der Waals surface area contributed by atoms with E-state index >= 15 is 0 Å². The maximum absolute atomic E-state index is 12.7. The van der Waals surface area contributed by atoms with Crippen LogP contribution < -0.4 is 14.8 Å². The molecule has 2 aromatic carbocycles. The number of carbonyl (C=O) groups excluding carboxylic acids is 2. The first-order valence-electron chi connectivity index (χ1n) is 10.2. The molecule has 12 heteroatoms. The van der Waals surface area contributed by atoms with Gasteiger partial charge in [0.25, 0.3) is 0 Å². The third kappa shape index (κ3) is 4.51. The Morgan fingerprint density at radius 3 is 2.64 bits per heavy atom. The summed E-state index contributed by atoms with van der Waals surface area (Å²) in [4.78, 5) is 36.5. The molecule has 0 unspecified atom stereocenters. The van der Waals surface area contributed by atoms with Crippen LogP contribution >= 0.6 is 0 Å². The maximum Gasteiger partial charge on any atom is 0.339 e. The van der Waals surface area contributed by atoms with E-state index in [-0.39, 0.29) is 34.9 Å². The fourth-order valence-corrected chi connectivity index (χ4v) is 4.23. The number of fused-ring (bicyclic) bond motifs is 1. The van der Waals surface area contributed by atoms with E-state index in [4.69, 9.17) is 4.18 Å². The number of rotatable bonds is 6. The average Bonchev–Trinajstić information content (AvgIpc) is 3.47. The lowest BCUT2D eigenvalue weighted by atomic mass is 10.3. The molecule has 2 aliphatic rings. The monoisotopic (exact) mass is 468 g/mol. The molecule has 0 bridgehead atoms. The van der Waals surface area contributed by atoms with Crippen LogP contribution in [-0.2, 0) is 19.7 Å². The van der Waals surface area contributed by atoms with Crippen LogP contribution in [0.2, 0.25) is 0 Å². The zero-order valence-corrected chi connectivity index (χ0v) is 18.3. The molecule has 1 saturated heterocycles. The van der Waals surface area contributed by atoms with E-state index in [2.05, 4.69) is 25.6 Å². The second-order valence-corrected chi connectivity index (χ2v) is 9.45. The topological polar surface area (TPSA) is 146 Å². The number of aromatic amines is 1. The number of guanidine groups is 1. The van der Waals surface area contributed by atoms with Gasteiger partial charge in [0.2, 0.25) is 23.7 Å². The zero-order chi connectivity index (χ0) is 23.2. The van der Waals surface area contributed by atoms with Crippen molar-refractivity contribution in [3.63, 3.8) is 0 Å². The summed E-state index contributed by atoms with van der Waals surface area (Å²) in [5, 5.41) is 5.35. The minimum Gasteiger partial charge on any atom is -0.379 e. The Morgan fingerprint density at radius 2 is 1.97 bits per heavy atom. The number of nitrogens with one attached hydrogen (secondary N) is 3. The molecule has 5 rings (SSSR count). The number of hydrogen-bond donors (Lipinski definition) is 3. The molecule has 3 aromatic rings. The second-order valence-electron chi connectivity index (χ2n) is 7.90. The summed E-state index contributed by atoms with van der Waals surface area (Å²) in [6.07, 6.45) is 1.76. The Labute approximate surface area is 189 Å². The first-order chi connectivity index (χ1) is 15.8. The van der Waals surface area contributed by atoms with Crippen molar-refractivity contribution in [3.8, 4) is 5.75 Å². The highest BCUT2D eigenvalue weighted by Crippen LogP contribution is 2.30. The number of anilines is 1. The molecule has 2 amide bonds. The van der Waals surface area contributed by atoms with Crippen LogP contribution in [0.1, 0.15) is 12.8 Å². The van der Waals surface area contributed by atoms with Gasteiger partial charge in [0, 0.05) is 19.0 Å². The molecule has 1 aliphatic heterocycles. The van der Waals surface area contributed by atoms with Crippen molar-refractivity contribution >= 4 is 50.6 Å². The highest BCUT2D eigenvalue weighted by molar-refractivity contribution is 7.87. The van der Waals surface area contributed by atoms with Crippen molar-refractivity contribution in [2.24, 2.45) is 10.9 Å². The van der Waals surface area contributed by atoms with E-state index in [1.165, 1.54) is 36.4 Å². The van der Waals surface area contributed by atoms with Crippen LogP contribution in [0.15, 0.2) is 52.4 Å². The summed E-state index contributed by atoms with van der Waals surface area (Å²) in [5.41, 5.74) is 1.58. The molecule has 1 aliphatic carbocycles. The van der Waals surface area contributed by atoms with Gasteiger partial charge in [0.05, 0.1) is 23.3 Å². The SMILES string of the molecule is CN1CC(=O)NC1=Nc1ccc(S(=O)(=O)Oc2ccc3nc(NC(=O)C4CC4)[nH]c3c2)cc1. The molecule has 1 aromatic heterocycles. The quantitative estimate of drug-likeness (QED) is 0.467. The Hall–Kier alpha value is -3.93. The van der Waals surface area contributed by atoms with Gasteiger partial charge < -0.3 is 14.1 Å². The van der Waals surface area contributed by atoms with E-state index in [0.29, 0.717) is 28.6 Å². The summed E-state index contributed by atoms with van der Waals surface area (Å²) < 4.78 is 30.7. The van der Waals surface area contributed by atoms with Crippen LogP contribution in [0.5, 0.6) is 5.75 Å². The van der Waals surface area contributed by atoms with Gasteiger partial charge in [-0.25, -0.2) is 9.98 Å². The van der Waals surface area contributed by atoms with Crippen molar-refractivity contribution in [2.45, 2.75) is 17.7 Å². The lowest BCUT2D eigenvalue weighted by Crippen LogP contribution is -2.26. The predicted molar refractivity (Wildman–Crippen MR) is 120 cm³/mol. The number of carbonyl (C=O) groups is 2. The van der Waals surface area contributed by atoms with Crippen molar-refractivity contribution < 1.29 is 22.2 Å². The number of imidazole rings is 1. The molecule has 2 fully saturated rings. The average molecular weight is 468 g/mol. The predicted octanol–water partition coefficient (Wildman–Crippen LogP) is 1.73. The van der Waals surface area contributed by atoms with Crippen molar-refractivity contribution in [1.82, 2.24) is 20.2 Å². The minimum atomic E-state index is -4.09.